The van der Waals surface area contributed by atoms with Gasteiger partial charge in [0.1, 0.15) is 17.3 Å². The molecule has 0 saturated carbocycles. The summed E-state index contributed by atoms with van der Waals surface area (Å²) in [6, 6.07) is 4.82. The van der Waals surface area contributed by atoms with E-state index < -0.39 is 10.0 Å². The number of nitrogens with one attached hydrogen (secondary N) is 2. The fraction of sp³-hybridized carbons (Fsp3) is 0.308. The highest BCUT2D eigenvalue weighted by molar-refractivity contribution is 7.92. The van der Waals surface area contributed by atoms with Crippen LogP contribution in [0.2, 0.25) is 0 Å². The van der Waals surface area contributed by atoms with Gasteiger partial charge in [0.2, 0.25) is 0 Å². The molecule has 0 aliphatic rings. The van der Waals surface area contributed by atoms with Gasteiger partial charge in [0.05, 0.1) is 26.1 Å². The van der Waals surface area contributed by atoms with Crippen LogP contribution in [0.3, 0.4) is 0 Å². The first-order chi connectivity index (χ1) is 10.00. The molecule has 1 heterocycles. The molecule has 0 unspecified atom stereocenters. The largest absolute Gasteiger partial charge is 0.497 e. The predicted octanol–water partition coefficient (Wildman–Crippen LogP) is 1.79. The summed E-state index contributed by atoms with van der Waals surface area (Å²) in [5.74, 6) is 1.55. The van der Waals surface area contributed by atoms with Crippen molar-refractivity contribution in [1.82, 2.24) is 9.97 Å². The third-order valence-electron chi connectivity index (χ3n) is 2.88. The second-order valence-electron chi connectivity index (χ2n) is 4.22. The van der Waals surface area contributed by atoms with E-state index in [4.69, 9.17) is 9.47 Å². The maximum atomic E-state index is 12.3. The average molecular weight is 311 g/mol. The monoisotopic (exact) mass is 311 g/mol. The van der Waals surface area contributed by atoms with Gasteiger partial charge in [0, 0.05) is 12.5 Å². The lowest BCUT2D eigenvalue weighted by Crippen LogP contribution is -2.14. The Balaban J connectivity index is 2.32. The second-order valence-corrected chi connectivity index (χ2v) is 5.87. The van der Waals surface area contributed by atoms with Gasteiger partial charge in [-0.3, -0.25) is 4.72 Å². The highest BCUT2D eigenvalue weighted by atomic mass is 32.2. The molecule has 21 heavy (non-hydrogen) atoms. The van der Waals surface area contributed by atoms with E-state index in [1.807, 2.05) is 6.92 Å². The van der Waals surface area contributed by atoms with E-state index in [2.05, 4.69) is 14.7 Å². The summed E-state index contributed by atoms with van der Waals surface area (Å²) < 4.78 is 37.3. The second kappa shape index (κ2) is 6.04. The van der Waals surface area contributed by atoms with Gasteiger partial charge >= 0.3 is 0 Å². The van der Waals surface area contributed by atoms with Crippen molar-refractivity contribution in [3.63, 3.8) is 0 Å². The van der Waals surface area contributed by atoms with Crippen LogP contribution in [0, 0.1) is 0 Å². The summed E-state index contributed by atoms with van der Waals surface area (Å²) in [6.07, 6.45) is 1.92. The van der Waals surface area contributed by atoms with Gasteiger partial charge in [-0.25, -0.2) is 4.98 Å². The molecule has 2 N–H and O–H groups in total. The predicted molar refractivity (Wildman–Crippen MR) is 78.3 cm³/mol. The van der Waals surface area contributed by atoms with E-state index in [1.165, 1.54) is 20.4 Å². The summed E-state index contributed by atoms with van der Waals surface area (Å²) in [4.78, 5) is 6.74. The lowest BCUT2D eigenvalue weighted by Gasteiger charge is -2.12. The summed E-state index contributed by atoms with van der Waals surface area (Å²) in [5, 5.41) is 0.0113. The van der Waals surface area contributed by atoms with Crippen molar-refractivity contribution in [2.75, 3.05) is 18.9 Å². The number of anilines is 1. The molecule has 0 fully saturated rings. The molecule has 2 aromatic rings. The van der Waals surface area contributed by atoms with Crippen LogP contribution in [0.5, 0.6) is 11.5 Å². The van der Waals surface area contributed by atoms with Crippen LogP contribution < -0.4 is 14.2 Å². The maximum Gasteiger partial charge on any atom is 0.279 e. The van der Waals surface area contributed by atoms with E-state index in [1.54, 1.807) is 18.2 Å². The number of rotatable bonds is 6. The van der Waals surface area contributed by atoms with Crippen molar-refractivity contribution in [3.8, 4) is 11.5 Å². The molecule has 1 aromatic carbocycles. The Hall–Kier alpha value is -2.22. The van der Waals surface area contributed by atoms with Crippen molar-refractivity contribution >= 4 is 15.7 Å². The van der Waals surface area contributed by atoms with Crippen LogP contribution in [0.15, 0.2) is 29.4 Å². The molecule has 0 aliphatic heterocycles. The lowest BCUT2D eigenvalue weighted by atomic mass is 10.3. The van der Waals surface area contributed by atoms with Crippen molar-refractivity contribution in [1.29, 1.82) is 0 Å². The number of aromatic amines is 1. The third-order valence-corrected chi connectivity index (χ3v) is 4.16. The topological polar surface area (TPSA) is 93.3 Å². The zero-order valence-corrected chi connectivity index (χ0v) is 12.8. The Morgan fingerprint density at radius 3 is 2.62 bits per heavy atom. The number of H-pyrrole nitrogens is 1. The molecule has 0 aliphatic carbocycles. The van der Waals surface area contributed by atoms with Gasteiger partial charge in [0.25, 0.3) is 10.0 Å². The van der Waals surface area contributed by atoms with E-state index in [-0.39, 0.29) is 5.03 Å². The molecule has 0 radical (unpaired) electrons. The number of benzene rings is 1. The Bertz CT molecular complexity index is 725. The Morgan fingerprint density at radius 2 is 2.05 bits per heavy atom. The smallest absolute Gasteiger partial charge is 0.279 e. The number of hydrogen-bond donors (Lipinski definition) is 2. The van der Waals surface area contributed by atoms with E-state index in [0.29, 0.717) is 29.4 Å². The van der Waals surface area contributed by atoms with Crippen molar-refractivity contribution < 1.29 is 17.9 Å². The molecule has 114 valence electrons. The van der Waals surface area contributed by atoms with Gasteiger partial charge in [0.15, 0.2) is 5.03 Å². The number of hydrogen-bond acceptors (Lipinski definition) is 5. The van der Waals surface area contributed by atoms with Crippen molar-refractivity contribution in [3.05, 3.63) is 30.2 Å². The summed E-state index contributed by atoms with van der Waals surface area (Å²) >= 11 is 0. The normalized spacial score (nSPS) is 11.2. The minimum atomic E-state index is -3.74. The van der Waals surface area contributed by atoms with Crippen LogP contribution in [0.4, 0.5) is 5.69 Å². The molecule has 0 atom stereocenters. The van der Waals surface area contributed by atoms with Gasteiger partial charge in [-0.05, 0) is 12.1 Å². The summed E-state index contributed by atoms with van der Waals surface area (Å²) in [5.41, 5.74) is 0.325. The number of imidazole rings is 1. The zero-order valence-electron chi connectivity index (χ0n) is 12.0. The molecule has 2 rings (SSSR count). The molecule has 8 heteroatoms. The van der Waals surface area contributed by atoms with Crippen molar-refractivity contribution in [2.45, 2.75) is 18.4 Å². The molecule has 0 spiro atoms. The highest BCUT2D eigenvalue weighted by Crippen LogP contribution is 2.30. The fourth-order valence-corrected chi connectivity index (χ4v) is 2.75. The summed E-state index contributed by atoms with van der Waals surface area (Å²) in [7, 11) is -0.764. The van der Waals surface area contributed by atoms with Crippen LogP contribution in [0.25, 0.3) is 0 Å². The van der Waals surface area contributed by atoms with Crippen LogP contribution in [-0.4, -0.2) is 32.6 Å². The molecule has 0 saturated heterocycles. The van der Waals surface area contributed by atoms with E-state index in [0.717, 1.165) is 0 Å². The first-order valence-electron chi connectivity index (χ1n) is 6.29. The van der Waals surface area contributed by atoms with Gasteiger partial charge in [-0.1, -0.05) is 6.92 Å². The number of methoxy groups -OCH3 is 2. The fourth-order valence-electron chi connectivity index (χ4n) is 1.74. The first kappa shape index (κ1) is 15.2. The van der Waals surface area contributed by atoms with Gasteiger partial charge in [-0.2, -0.15) is 8.42 Å². The molecule has 0 amide bonds. The number of aryl methyl sites for hydroxylation is 1. The minimum Gasteiger partial charge on any atom is -0.497 e. The standard InChI is InChI=1S/C13H17N3O4S/c1-4-12-14-8-13(15-12)21(17,18)16-10-6-5-9(19-2)7-11(10)20-3/h5-8,16H,4H2,1-3H3,(H,14,15). The van der Waals surface area contributed by atoms with E-state index in [9.17, 15) is 8.42 Å². The van der Waals surface area contributed by atoms with Crippen molar-refractivity contribution in [2.24, 2.45) is 0 Å². The number of aromatic nitrogens is 2. The quantitative estimate of drug-likeness (QED) is 0.848. The maximum absolute atomic E-state index is 12.3. The van der Waals surface area contributed by atoms with E-state index >= 15 is 0 Å². The van der Waals surface area contributed by atoms with Gasteiger partial charge < -0.3 is 14.5 Å². The molecule has 7 nitrogen and oxygen atoms in total. The van der Waals surface area contributed by atoms with Crippen LogP contribution in [-0.2, 0) is 16.4 Å². The minimum absolute atomic E-state index is 0.0113. The Morgan fingerprint density at radius 1 is 1.29 bits per heavy atom. The zero-order chi connectivity index (χ0) is 15.5. The summed E-state index contributed by atoms with van der Waals surface area (Å²) in [6.45, 7) is 1.88. The average Bonchev–Trinajstić information content (AvgIpc) is 2.97. The molecule has 1 aromatic heterocycles. The first-order valence-corrected chi connectivity index (χ1v) is 7.77. The van der Waals surface area contributed by atoms with Crippen LogP contribution >= 0.6 is 0 Å². The molecule has 0 bridgehead atoms. The third kappa shape index (κ3) is 3.27. The highest BCUT2D eigenvalue weighted by Gasteiger charge is 2.19. The van der Waals surface area contributed by atoms with Gasteiger partial charge in [-0.15, -0.1) is 0 Å². The number of sulfonamides is 1. The molecular formula is C13H17N3O4S. The molecular weight excluding hydrogens is 294 g/mol. The Labute approximate surface area is 123 Å². The Kier molecular flexibility index (Phi) is 4.37. The SMILES string of the molecule is CCc1ncc(S(=O)(=O)Nc2ccc(OC)cc2OC)[nH]1. The lowest BCUT2D eigenvalue weighted by molar-refractivity contribution is 0.395. The van der Waals surface area contributed by atoms with Crippen LogP contribution in [0.1, 0.15) is 12.7 Å². The number of nitrogens with zero attached hydrogens (tertiary/aromatic N) is 1. The number of ether oxygens (including phenoxy) is 2.